The van der Waals surface area contributed by atoms with E-state index in [2.05, 4.69) is 32.4 Å². The second-order valence-electron chi connectivity index (χ2n) is 15.0. The highest BCUT2D eigenvalue weighted by Gasteiger charge is 2.60. The summed E-state index contributed by atoms with van der Waals surface area (Å²) < 4.78 is 49.5. The number of benzene rings is 4. The molecule has 66 heavy (non-hydrogen) atoms. The van der Waals surface area contributed by atoms with Gasteiger partial charge in [-0.3, -0.25) is 9.78 Å². The van der Waals surface area contributed by atoms with E-state index >= 15 is 0 Å². The van der Waals surface area contributed by atoms with Gasteiger partial charge in [-0.15, -0.1) is 0 Å². The van der Waals surface area contributed by atoms with E-state index in [0.29, 0.717) is 41.1 Å². The maximum atomic E-state index is 13.6. The maximum absolute atomic E-state index is 13.6. The fourth-order valence-corrected chi connectivity index (χ4v) is 8.09. The number of aliphatic imine (C=N–C) groups is 1. The number of isocyanates is 1. The second kappa shape index (κ2) is 24.5. The molecule has 6 aromatic rings. The predicted molar refractivity (Wildman–Crippen MR) is 251 cm³/mol. The fraction of sp³-hybridized carbons (Fsp3) is 0.348. The molecule has 0 saturated carbocycles. The van der Waals surface area contributed by atoms with Gasteiger partial charge in [0.05, 0.1) is 19.6 Å². The largest absolute Gasteiger partial charge is 0.412 e. The molecule has 4 unspecified atom stereocenters. The van der Waals surface area contributed by atoms with E-state index in [1.807, 2.05) is 49.4 Å². The van der Waals surface area contributed by atoms with Gasteiger partial charge in [0.1, 0.15) is 47.7 Å². The monoisotopic (exact) mass is 982 g/mol. The molecule has 4 N–H and O–H groups in total. The Labute approximate surface area is 400 Å². The van der Waals surface area contributed by atoms with Crippen molar-refractivity contribution in [3.05, 3.63) is 163 Å². The van der Waals surface area contributed by atoms with E-state index in [9.17, 15) is 18.4 Å². The summed E-state index contributed by atoms with van der Waals surface area (Å²) in [4.78, 5) is 29.4. The zero-order valence-corrected chi connectivity index (χ0v) is 39.3. The van der Waals surface area contributed by atoms with E-state index < -0.39 is 11.2 Å². The second-order valence-corrected chi connectivity index (χ2v) is 16.5. The third-order valence-corrected chi connectivity index (χ3v) is 12.1. The molecule has 350 valence electrons. The molecule has 2 saturated heterocycles. The van der Waals surface area contributed by atoms with Crippen LogP contribution in [-0.2, 0) is 43.3 Å². The number of ether oxygens (including phenoxy) is 3. The van der Waals surface area contributed by atoms with Gasteiger partial charge in [0.15, 0.2) is 0 Å². The SMILES string of the molecule is CCCCCNC(=O)n1cnn(CC2(c3ccc(F)cc3)OC2c2ccccc2Cl)c1=S.CCOCCCN=C=O.Fc1ccc(C2(Cn3[nH]cnc3=S)OC2c2ccccc2Cl)cc1.O. The summed E-state index contributed by atoms with van der Waals surface area (Å²) >= 11 is 23.5. The van der Waals surface area contributed by atoms with Gasteiger partial charge >= 0.3 is 6.03 Å². The van der Waals surface area contributed by atoms with Crippen LogP contribution in [-0.4, -0.2) is 73.0 Å². The molecular weight excluding hydrogens is 934 g/mol. The van der Waals surface area contributed by atoms with Crippen molar-refractivity contribution in [2.75, 3.05) is 26.3 Å². The number of aromatic amines is 1. The number of H-pyrrole nitrogens is 1. The fourth-order valence-electron chi connectivity index (χ4n) is 7.21. The smallest absolute Gasteiger partial charge is 0.329 e. The van der Waals surface area contributed by atoms with E-state index in [-0.39, 0.29) is 46.7 Å². The van der Waals surface area contributed by atoms with Crippen molar-refractivity contribution in [2.24, 2.45) is 4.99 Å². The van der Waals surface area contributed by atoms with Crippen LogP contribution >= 0.6 is 47.6 Å². The van der Waals surface area contributed by atoms with Gasteiger partial charge in [-0.2, -0.15) is 5.10 Å². The zero-order valence-electron chi connectivity index (χ0n) is 36.2. The Bertz CT molecular complexity index is 2680. The van der Waals surface area contributed by atoms with Gasteiger partial charge in [0.25, 0.3) is 0 Å². The van der Waals surface area contributed by atoms with Crippen LogP contribution in [0.4, 0.5) is 13.6 Å². The Morgan fingerprint density at radius 3 is 1.92 bits per heavy atom. The Kier molecular flexibility index (Phi) is 19.2. The molecule has 2 aliphatic rings. The van der Waals surface area contributed by atoms with E-state index in [4.69, 9.17) is 61.8 Å². The van der Waals surface area contributed by atoms with Crippen LogP contribution in [0.5, 0.6) is 0 Å². The summed E-state index contributed by atoms with van der Waals surface area (Å²) in [6, 6.07) is 27.2. The van der Waals surface area contributed by atoms with Crippen LogP contribution in [0, 0.1) is 21.2 Å². The van der Waals surface area contributed by atoms with Gasteiger partial charge < -0.3 is 25.0 Å². The predicted octanol–water partition coefficient (Wildman–Crippen LogP) is 9.95. The van der Waals surface area contributed by atoms with Crippen molar-refractivity contribution in [2.45, 2.75) is 76.0 Å². The van der Waals surface area contributed by atoms with Crippen LogP contribution in [0.3, 0.4) is 0 Å². The van der Waals surface area contributed by atoms with Gasteiger partial charge in [-0.1, -0.05) is 104 Å². The first-order valence-corrected chi connectivity index (χ1v) is 22.6. The lowest BCUT2D eigenvalue weighted by Gasteiger charge is -2.15. The van der Waals surface area contributed by atoms with Crippen molar-refractivity contribution in [1.82, 2.24) is 34.4 Å². The number of rotatable bonds is 17. The molecule has 1 amide bonds. The van der Waals surface area contributed by atoms with Crippen LogP contribution < -0.4 is 5.32 Å². The number of hydrogen-bond acceptors (Lipinski definition) is 10. The quantitative estimate of drug-likeness (QED) is 0.0296. The highest BCUT2D eigenvalue weighted by Crippen LogP contribution is 2.60. The molecular formula is C46H50Cl2F2N8O6S2. The van der Waals surface area contributed by atoms with Gasteiger partial charge in [0, 0.05) is 40.9 Å². The molecule has 4 atom stereocenters. The Hall–Kier alpha value is -5.27. The first-order chi connectivity index (χ1) is 31.5. The van der Waals surface area contributed by atoms with Crippen LogP contribution in [0.1, 0.15) is 74.0 Å². The number of amides is 1. The first-order valence-electron chi connectivity index (χ1n) is 21.0. The van der Waals surface area contributed by atoms with Crippen molar-refractivity contribution in [3.8, 4) is 0 Å². The van der Waals surface area contributed by atoms with E-state index in [0.717, 1.165) is 54.5 Å². The van der Waals surface area contributed by atoms with Crippen LogP contribution in [0.2, 0.25) is 10.0 Å². The normalized spacial score (nSPS) is 18.9. The van der Waals surface area contributed by atoms with Gasteiger partial charge in [0.2, 0.25) is 15.6 Å². The Morgan fingerprint density at radius 2 is 1.42 bits per heavy atom. The lowest BCUT2D eigenvalue weighted by atomic mass is 9.91. The van der Waals surface area contributed by atoms with E-state index in [1.54, 1.807) is 39.7 Å². The first kappa shape index (κ1) is 51.7. The summed E-state index contributed by atoms with van der Waals surface area (Å²) in [5.74, 6) is -0.624. The lowest BCUT2D eigenvalue weighted by Crippen LogP contribution is -2.29. The molecule has 2 fully saturated rings. The highest BCUT2D eigenvalue weighted by molar-refractivity contribution is 7.71. The summed E-state index contributed by atoms with van der Waals surface area (Å²) in [6.45, 7) is 7.25. The number of aromatic nitrogens is 6. The maximum Gasteiger partial charge on any atom is 0.329 e. The number of carbonyl (C=O) groups is 1. The van der Waals surface area contributed by atoms with Crippen molar-refractivity contribution < 1.29 is 38.1 Å². The molecule has 2 aromatic heterocycles. The van der Waals surface area contributed by atoms with Crippen LogP contribution in [0.15, 0.2) is 115 Å². The molecule has 0 spiro atoms. The Morgan fingerprint density at radius 1 is 0.864 bits per heavy atom. The number of nitrogens with one attached hydrogen (secondary N) is 2. The number of nitrogens with zero attached hydrogens (tertiary/aromatic N) is 6. The number of hydrogen-bond donors (Lipinski definition) is 2. The molecule has 8 rings (SSSR count). The molecule has 0 bridgehead atoms. The summed E-state index contributed by atoms with van der Waals surface area (Å²) in [6.07, 6.45) is 7.66. The zero-order chi connectivity index (χ0) is 46.4. The Balaban J connectivity index is 0.000000211. The molecule has 0 radical (unpaired) electrons. The minimum absolute atomic E-state index is 0. The molecule has 4 heterocycles. The minimum atomic E-state index is -0.826. The summed E-state index contributed by atoms with van der Waals surface area (Å²) in [5, 5.41) is 11.4. The average Bonchev–Trinajstić information content (AvgIpc) is 4.13. The van der Waals surface area contributed by atoms with Crippen LogP contribution in [0.25, 0.3) is 0 Å². The van der Waals surface area contributed by atoms with Crippen molar-refractivity contribution in [3.63, 3.8) is 0 Å². The molecule has 14 nitrogen and oxygen atoms in total. The number of halogens is 4. The topological polar surface area (TPSA) is 181 Å². The molecule has 4 aromatic carbocycles. The highest BCUT2D eigenvalue weighted by atomic mass is 35.5. The molecule has 2 aliphatic heterocycles. The summed E-state index contributed by atoms with van der Waals surface area (Å²) in [7, 11) is 0. The number of unbranched alkanes of at least 4 members (excludes halogenated alkanes) is 2. The minimum Gasteiger partial charge on any atom is -0.412 e. The number of carbonyl (C=O) groups excluding carboxylic acids is 2. The molecule has 20 heteroatoms. The third-order valence-electron chi connectivity index (χ3n) is 10.7. The number of epoxide rings is 2. The average molecular weight is 984 g/mol. The molecule has 0 aliphatic carbocycles. The lowest BCUT2D eigenvalue weighted by molar-refractivity contribution is 0.146. The van der Waals surface area contributed by atoms with Gasteiger partial charge in [-0.05, 0) is 91.7 Å². The standard InChI is InChI=1S/C23H24ClFN4O2S.C17H13ClFN3OS.C6H11NO2.H2O/c1-2-3-6-13-26-21(30)28-15-27-29(22(28)32)14-23(16-9-11-17(25)12-10-16)20(31-23)18-7-4-5-8-19(18)24;18-14-4-2-1-3-13(14)15-17(23-15,9-22-16(24)20-10-21-22)11-5-7-12(19)8-6-11;1-2-9-5-3-4-7-6-8;/h4-5,7-12,15,20H,2-3,6,13-14H2,1H3,(H,26,30);1-8,10,15H,9H2,(H,20,21,24);2-5H2,1H3;1H2. The van der Waals surface area contributed by atoms with Gasteiger partial charge in [-0.25, -0.2) is 37.6 Å². The third kappa shape index (κ3) is 12.8. The summed E-state index contributed by atoms with van der Waals surface area (Å²) in [5.41, 5.74) is 1.89. The van der Waals surface area contributed by atoms with Crippen molar-refractivity contribution in [1.29, 1.82) is 0 Å². The van der Waals surface area contributed by atoms with E-state index in [1.165, 1.54) is 47.6 Å². The van der Waals surface area contributed by atoms with Crippen molar-refractivity contribution >= 4 is 59.7 Å².